The predicted molar refractivity (Wildman–Crippen MR) is 84.2 cm³/mol. The highest BCUT2D eigenvalue weighted by atomic mass is 15.2. The largest absolute Gasteiger partial charge is 0.326 e. The Bertz CT molecular complexity index is 383. The minimum absolute atomic E-state index is 0.128. The Morgan fingerprint density at radius 1 is 1.11 bits per heavy atom. The van der Waals surface area contributed by atoms with E-state index in [0.717, 1.165) is 6.54 Å². The third-order valence-electron chi connectivity index (χ3n) is 3.48. The van der Waals surface area contributed by atoms with Crippen molar-refractivity contribution in [3.63, 3.8) is 0 Å². The number of nitrogens with two attached hydrogens (primary N) is 1. The van der Waals surface area contributed by atoms with Crippen LogP contribution in [0.25, 0.3) is 0 Å². The molecule has 0 radical (unpaired) electrons. The number of aryl methyl sites for hydroxylation is 1. The van der Waals surface area contributed by atoms with Crippen molar-refractivity contribution in [3.8, 4) is 0 Å². The first kappa shape index (κ1) is 16.2. The van der Waals surface area contributed by atoms with Crippen molar-refractivity contribution in [1.82, 2.24) is 4.90 Å². The lowest BCUT2D eigenvalue weighted by Crippen LogP contribution is -2.44. The molecule has 0 fully saturated rings. The molecule has 0 heterocycles. The van der Waals surface area contributed by atoms with Crippen LogP contribution in [-0.4, -0.2) is 23.5 Å². The summed E-state index contributed by atoms with van der Waals surface area (Å²) in [7, 11) is 0. The van der Waals surface area contributed by atoms with Gasteiger partial charge in [0.15, 0.2) is 0 Å². The number of benzene rings is 1. The molecular weight excluding hydrogens is 232 g/mol. The van der Waals surface area contributed by atoms with Gasteiger partial charge in [-0.25, -0.2) is 0 Å². The van der Waals surface area contributed by atoms with E-state index < -0.39 is 0 Å². The van der Waals surface area contributed by atoms with Gasteiger partial charge < -0.3 is 5.73 Å². The fourth-order valence-electron chi connectivity index (χ4n) is 2.72. The van der Waals surface area contributed by atoms with E-state index in [9.17, 15) is 0 Å². The lowest BCUT2D eigenvalue weighted by atomic mass is 9.95. The Balaban J connectivity index is 3.10. The molecule has 1 rings (SSSR count). The molecule has 19 heavy (non-hydrogen) atoms. The smallest absolute Gasteiger partial charge is 0.0499 e. The summed E-state index contributed by atoms with van der Waals surface area (Å²) in [6, 6.07) is 9.67. The Kier molecular flexibility index (Phi) is 6.02. The predicted octanol–water partition coefficient (Wildman–Crippen LogP) is 3.75. The highest BCUT2D eigenvalue weighted by Crippen LogP contribution is 2.27. The Morgan fingerprint density at radius 3 is 2.16 bits per heavy atom. The third kappa shape index (κ3) is 4.63. The maximum atomic E-state index is 6.29. The van der Waals surface area contributed by atoms with Gasteiger partial charge in [-0.15, -0.1) is 0 Å². The van der Waals surface area contributed by atoms with Gasteiger partial charge in [0.05, 0.1) is 0 Å². The summed E-state index contributed by atoms with van der Waals surface area (Å²) in [4.78, 5) is 2.53. The summed E-state index contributed by atoms with van der Waals surface area (Å²) in [6.45, 7) is 14.4. The van der Waals surface area contributed by atoms with Crippen LogP contribution in [0.1, 0.15) is 51.8 Å². The van der Waals surface area contributed by atoms with Gasteiger partial charge in [-0.05, 0) is 39.2 Å². The van der Waals surface area contributed by atoms with Crippen molar-refractivity contribution in [3.05, 3.63) is 35.4 Å². The molecule has 1 aromatic rings. The molecule has 2 atom stereocenters. The van der Waals surface area contributed by atoms with Crippen molar-refractivity contribution >= 4 is 0 Å². The fourth-order valence-corrected chi connectivity index (χ4v) is 2.72. The number of hydrogen-bond donors (Lipinski definition) is 1. The molecule has 0 aliphatic rings. The molecule has 108 valence electrons. The average molecular weight is 262 g/mol. The average Bonchev–Trinajstić information content (AvgIpc) is 2.27. The SMILES string of the molecule is Cc1cccc(C(C(C)N)N(CC(C)C)C(C)C)c1. The quantitative estimate of drug-likeness (QED) is 0.846. The second kappa shape index (κ2) is 7.06. The standard InChI is InChI=1S/C17H30N2/c1-12(2)11-19(13(3)4)17(15(6)18)16-9-7-8-14(5)10-16/h7-10,12-13,15,17H,11,18H2,1-6H3. The van der Waals surface area contributed by atoms with Crippen molar-refractivity contribution in [1.29, 1.82) is 0 Å². The van der Waals surface area contributed by atoms with Crippen LogP contribution in [0.5, 0.6) is 0 Å². The molecular formula is C17H30N2. The zero-order valence-corrected chi connectivity index (χ0v) is 13.4. The molecule has 2 heteroatoms. The summed E-state index contributed by atoms with van der Waals surface area (Å²) in [6.07, 6.45) is 0. The highest BCUT2D eigenvalue weighted by molar-refractivity contribution is 5.26. The van der Waals surface area contributed by atoms with Crippen LogP contribution in [-0.2, 0) is 0 Å². The van der Waals surface area contributed by atoms with Gasteiger partial charge in [0.2, 0.25) is 0 Å². The molecule has 0 aromatic heterocycles. The van der Waals surface area contributed by atoms with Crippen LogP contribution in [0.15, 0.2) is 24.3 Å². The van der Waals surface area contributed by atoms with Gasteiger partial charge in [0.25, 0.3) is 0 Å². The van der Waals surface area contributed by atoms with E-state index in [0.29, 0.717) is 18.0 Å². The minimum atomic E-state index is 0.128. The zero-order valence-electron chi connectivity index (χ0n) is 13.4. The van der Waals surface area contributed by atoms with E-state index in [-0.39, 0.29) is 6.04 Å². The third-order valence-corrected chi connectivity index (χ3v) is 3.48. The van der Waals surface area contributed by atoms with Crippen LogP contribution in [0.3, 0.4) is 0 Å². The van der Waals surface area contributed by atoms with Crippen LogP contribution < -0.4 is 5.73 Å². The molecule has 0 bridgehead atoms. The Labute approximate surface area is 119 Å². The lowest BCUT2D eigenvalue weighted by molar-refractivity contribution is 0.119. The van der Waals surface area contributed by atoms with Gasteiger partial charge in [-0.3, -0.25) is 4.90 Å². The van der Waals surface area contributed by atoms with E-state index >= 15 is 0 Å². The molecule has 0 aliphatic carbocycles. The van der Waals surface area contributed by atoms with Gasteiger partial charge in [0.1, 0.15) is 0 Å². The molecule has 0 aliphatic heterocycles. The van der Waals surface area contributed by atoms with Crippen molar-refractivity contribution in [2.45, 2.75) is 59.7 Å². The first-order valence-corrected chi connectivity index (χ1v) is 7.40. The van der Waals surface area contributed by atoms with Crippen LogP contribution in [0.4, 0.5) is 0 Å². The number of rotatable bonds is 6. The summed E-state index contributed by atoms with van der Waals surface area (Å²) in [5.41, 5.74) is 8.93. The molecule has 0 amide bonds. The van der Waals surface area contributed by atoms with Crippen LogP contribution in [0, 0.1) is 12.8 Å². The van der Waals surface area contributed by atoms with E-state index in [1.807, 2.05) is 0 Å². The summed E-state index contributed by atoms with van der Waals surface area (Å²) in [5.74, 6) is 0.647. The van der Waals surface area contributed by atoms with Crippen molar-refractivity contribution < 1.29 is 0 Å². The van der Waals surface area contributed by atoms with Gasteiger partial charge >= 0.3 is 0 Å². The number of nitrogens with zero attached hydrogens (tertiary/aromatic N) is 1. The Morgan fingerprint density at radius 2 is 1.74 bits per heavy atom. The zero-order chi connectivity index (χ0) is 14.6. The monoisotopic (exact) mass is 262 g/mol. The molecule has 0 spiro atoms. The van der Waals surface area contributed by atoms with Gasteiger partial charge in [-0.1, -0.05) is 43.7 Å². The van der Waals surface area contributed by atoms with E-state index in [1.54, 1.807) is 0 Å². The van der Waals surface area contributed by atoms with Gasteiger partial charge in [0, 0.05) is 24.7 Å². The molecule has 0 saturated carbocycles. The molecule has 0 saturated heterocycles. The summed E-state index contributed by atoms with van der Waals surface area (Å²) >= 11 is 0. The summed E-state index contributed by atoms with van der Waals surface area (Å²) < 4.78 is 0. The highest BCUT2D eigenvalue weighted by Gasteiger charge is 2.26. The molecule has 1 aromatic carbocycles. The van der Waals surface area contributed by atoms with E-state index in [1.165, 1.54) is 11.1 Å². The van der Waals surface area contributed by atoms with Crippen molar-refractivity contribution in [2.75, 3.05) is 6.54 Å². The first-order valence-electron chi connectivity index (χ1n) is 7.40. The normalized spacial score (nSPS) is 15.3. The molecule has 2 N–H and O–H groups in total. The first-order chi connectivity index (χ1) is 8.82. The number of hydrogen-bond acceptors (Lipinski definition) is 2. The lowest BCUT2D eigenvalue weighted by Gasteiger charge is -2.39. The fraction of sp³-hybridized carbons (Fsp3) is 0.647. The molecule has 2 unspecified atom stereocenters. The van der Waals surface area contributed by atoms with E-state index in [4.69, 9.17) is 5.73 Å². The van der Waals surface area contributed by atoms with Crippen molar-refractivity contribution in [2.24, 2.45) is 11.7 Å². The van der Waals surface area contributed by atoms with Crippen LogP contribution >= 0.6 is 0 Å². The Hall–Kier alpha value is -0.860. The maximum Gasteiger partial charge on any atom is 0.0499 e. The summed E-state index contributed by atoms with van der Waals surface area (Å²) in [5, 5.41) is 0. The maximum absolute atomic E-state index is 6.29. The second-order valence-electron chi connectivity index (χ2n) is 6.40. The van der Waals surface area contributed by atoms with Gasteiger partial charge in [-0.2, -0.15) is 0 Å². The molecule has 2 nitrogen and oxygen atoms in total. The minimum Gasteiger partial charge on any atom is -0.326 e. The van der Waals surface area contributed by atoms with Crippen LogP contribution in [0.2, 0.25) is 0 Å². The second-order valence-corrected chi connectivity index (χ2v) is 6.40. The topological polar surface area (TPSA) is 29.3 Å². The van der Waals surface area contributed by atoms with E-state index in [2.05, 4.69) is 70.7 Å².